The Labute approximate surface area is 125 Å². The Morgan fingerprint density at radius 1 is 1.48 bits per heavy atom. The molecule has 0 aliphatic carbocycles. The lowest BCUT2D eigenvalue weighted by Gasteiger charge is -2.22. The van der Waals surface area contributed by atoms with Gasteiger partial charge in [-0.2, -0.15) is 0 Å². The van der Waals surface area contributed by atoms with Crippen molar-refractivity contribution in [2.24, 2.45) is 5.73 Å². The number of rotatable bonds is 6. The van der Waals surface area contributed by atoms with Gasteiger partial charge < -0.3 is 20.5 Å². The van der Waals surface area contributed by atoms with Gasteiger partial charge in [0.2, 0.25) is 5.91 Å². The molecule has 1 atom stereocenters. The Balaban J connectivity index is 1.93. The Morgan fingerprint density at radius 3 is 3.00 bits per heavy atom. The van der Waals surface area contributed by atoms with Crippen molar-refractivity contribution in [3.63, 3.8) is 0 Å². The van der Waals surface area contributed by atoms with Crippen LogP contribution < -0.4 is 15.8 Å². The zero-order valence-electron chi connectivity index (χ0n) is 12.6. The number of amides is 1. The molecule has 1 aliphatic rings. The maximum Gasteiger partial charge on any atom is 0.226 e. The number of hydrogen-bond acceptors (Lipinski definition) is 4. The van der Waals surface area contributed by atoms with Crippen LogP contribution in [0.4, 0.5) is 5.69 Å². The van der Waals surface area contributed by atoms with Crippen molar-refractivity contribution in [2.45, 2.75) is 45.3 Å². The predicted octanol–water partition coefficient (Wildman–Crippen LogP) is 2.44. The number of nitrogens with one attached hydrogen (secondary N) is 1. The molecular weight excluding hydrogens is 268 g/mol. The minimum atomic E-state index is -0.0194. The third-order valence-corrected chi connectivity index (χ3v) is 3.55. The molecule has 1 aromatic rings. The topological polar surface area (TPSA) is 73.6 Å². The number of nitrogens with two attached hydrogens (primary N) is 1. The molecule has 3 N–H and O–H groups in total. The fraction of sp³-hybridized carbons (Fsp3) is 0.562. The Hall–Kier alpha value is -1.59. The van der Waals surface area contributed by atoms with E-state index in [1.165, 1.54) is 0 Å². The van der Waals surface area contributed by atoms with Crippen LogP contribution in [0.2, 0.25) is 0 Å². The lowest BCUT2D eigenvalue weighted by molar-refractivity contribution is -0.119. The van der Waals surface area contributed by atoms with Crippen molar-refractivity contribution >= 4 is 11.6 Å². The first-order valence-corrected chi connectivity index (χ1v) is 7.60. The summed E-state index contributed by atoms with van der Waals surface area (Å²) >= 11 is 0. The summed E-state index contributed by atoms with van der Waals surface area (Å²) < 4.78 is 11.1. The van der Waals surface area contributed by atoms with Crippen molar-refractivity contribution in [1.82, 2.24) is 0 Å². The highest BCUT2D eigenvalue weighted by atomic mass is 16.5. The molecule has 2 rings (SSSR count). The van der Waals surface area contributed by atoms with Crippen molar-refractivity contribution in [2.75, 3.05) is 18.5 Å². The average molecular weight is 292 g/mol. The average Bonchev–Trinajstić information content (AvgIpc) is 2.50. The van der Waals surface area contributed by atoms with Crippen LogP contribution in [0.25, 0.3) is 0 Å². The van der Waals surface area contributed by atoms with E-state index in [-0.39, 0.29) is 12.0 Å². The lowest BCUT2D eigenvalue weighted by atomic mass is 10.1. The first kappa shape index (κ1) is 15.8. The number of ether oxygens (including phenoxy) is 2. The Kier molecular flexibility index (Phi) is 6.02. The SMILES string of the molecule is CCOc1ccc(NC(=O)CC2CCCCO2)cc1CN. The minimum absolute atomic E-state index is 0.0194. The molecule has 5 heteroatoms. The largest absolute Gasteiger partial charge is 0.494 e. The van der Waals surface area contributed by atoms with Crippen LogP contribution in [0.15, 0.2) is 18.2 Å². The number of anilines is 1. The van der Waals surface area contributed by atoms with Gasteiger partial charge in [-0.15, -0.1) is 0 Å². The van der Waals surface area contributed by atoms with Crippen LogP contribution in [-0.2, 0) is 16.1 Å². The summed E-state index contributed by atoms with van der Waals surface area (Å²) in [6.07, 6.45) is 3.65. The molecule has 0 aromatic heterocycles. The van der Waals surface area contributed by atoms with E-state index in [1.807, 2.05) is 25.1 Å². The standard InChI is InChI=1S/C16H24N2O3/c1-2-20-15-7-6-13(9-12(15)11-17)18-16(19)10-14-5-3-4-8-21-14/h6-7,9,14H,2-5,8,10-11,17H2,1H3,(H,18,19). The van der Waals surface area contributed by atoms with E-state index in [4.69, 9.17) is 15.2 Å². The van der Waals surface area contributed by atoms with Crippen LogP contribution in [0.3, 0.4) is 0 Å². The summed E-state index contributed by atoms with van der Waals surface area (Å²) in [6.45, 7) is 3.67. The van der Waals surface area contributed by atoms with Gasteiger partial charge in [-0.3, -0.25) is 4.79 Å². The van der Waals surface area contributed by atoms with Gasteiger partial charge in [0.1, 0.15) is 5.75 Å². The van der Waals surface area contributed by atoms with E-state index < -0.39 is 0 Å². The zero-order valence-corrected chi connectivity index (χ0v) is 12.6. The van der Waals surface area contributed by atoms with Gasteiger partial charge in [0.05, 0.1) is 19.1 Å². The molecule has 21 heavy (non-hydrogen) atoms. The molecule has 1 saturated heterocycles. The monoisotopic (exact) mass is 292 g/mol. The van der Waals surface area contributed by atoms with Crippen molar-refractivity contribution in [1.29, 1.82) is 0 Å². The third kappa shape index (κ3) is 4.72. The fourth-order valence-corrected chi connectivity index (χ4v) is 2.50. The van der Waals surface area contributed by atoms with Gasteiger partial charge in [-0.1, -0.05) is 0 Å². The Bertz CT molecular complexity index is 471. The molecule has 0 saturated carbocycles. The summed E-state index contributed by atoms with van der Waals surface area (Å²) in [5.41, 5.74) is 7.36. The highest BCUT2D eigenvalue weighted by Crippen LogP contribution is 2.23. The van der Waals surface area contributed by atoms with Gasteiger partial charge in [0.25, 0.3) is 0 Å². The maximum absolute atomic E-state index is 12.0. The molecule has 116 valence electrons. The van der Waals surface area contributed by atoms with Crippen LogP contribution in [0.1, 0.15) is 38.2 Å². The van der Waals surface area contributed by atoms with E-state index in [1.54, 1.807) is 0 Å². The minimum Gasteiger partial charge on any atom is -0.494 e. The molecule has 1 fully saturated rings. The summed E-state index contributed by atoms with van der Waals surface area (Å²) in [5.74, 6) is 0.752. The smallest absolute Gasteiger partial charge is 0.226 e. The molecule has 1 aromatic carbocycles. The van der Waals surface area contributed by atoms with Crippen LogP contribution in [0.5, 0.6) is 5.75 Å². The lowest BCUT2D eigenvalue weighted by Crippen LogP contribution is -2.25. The third-order valence-electron chi connectivity index (χ3n) is 3.55. The number of carbonyl (C=O) groups excluding carboxylic acids is 1. The second-order valence-corrected chi connectivity index (χ2v) is 5.20. The molecule has 1 amide bonds. The zero-order chi connectivity index (χ0) is 15.1. The quantitative estimate of drug-likeness (QED) is 0.844. The first-order chi connectivity index (χ1) is 10.2. The number of carbonyl (C=O) groups is 1. The molecule has 5 nitrogen and oxygen atoms in total. The number of hydrogen-bond donors (Lipinski definition) is 2. The highest BCUT2D eigenvalue weighted by molar-refractivity contribution is 5.91. The van der Waals surface area contributed by atoms with Gasteiger partial charge in [-0.05, 0) is 44.4 Å². The van der Waals surface area contributed by atoms with Crippen molar-refractivity contribution in [3.05, 3.63) is 23.8 Å². The van der Waals surface area contributed by atoms with E-state index in [0.29, 0.717) is 19.6 Å². The normalized spacial score (nSPS) is 18.3. The van der Waals surface area contributed by atoms with Crippen molar-refractivity contribution in [3.8, 4) is 5.75 Å². The van der Waals surface area contributed by atoms with Crippen LogP contribution >= 0.6 is 0 Å². The molecule has 1 heterocycles. The highest BCUT2D eigenvalue weighted by Gasteiger charge is 2.17. The molecule has 1 unspecified atom stereocenters. The summed E-state index contributed by atoms with van der Waals surface area (Å²) in [5, 5.41) is 2.90. The van der Waals surface area contributed by atoms with Gasteiger partial charge >= 0.3 is 0 Å². The van der Waals surface area contributed by atoms with E-state index >= 15 is 0 Å². The molecule has 1 aliphatic heterocycles. The Morgan fingerprint density at radius 2 is 2.33 bits per heavy atom. The predicted molar refractivity (Wildman–Crippen MR) is 82.3 cm³/mol. The summed E-state index contributed by atoms with van der Waals surface area (Å²) in [6, 6.07) is 5.55. The fourth-order valence-electron chi connectivity index (χ4n) is 2.50. The summed E-state index contributed by atoms with van der Waals surface area (Å²) in [4.78, 5) is 12.0. The number of benzene rings is 1. The molecule has 0 spiro atoms. The van der Waals surface area contributed by atoms with Crippen molar-refractivity contribution < 1.29 is 14.3 Å². The van der Waals surface area contributed by atoms with Gasteiger partial charge in [0.15, 0.2) is 0 Å². The van der Waals surface area contributed by atoms with Crippen LogP contribution in [-0.4, -0.2) is 25.2 Å². The second-order valence-electron chi connectivity index (χ2n) is 5.20. The second kappa shape index (κ2) is 8.00. The van der Waals surface area contributed by atoms with E-state index in [9.17, 15) is 4.79 Å². The van der Waals surface area contributed by atoms with Crippen LogP contribution in [0, 0.1) is 0 Å². The first-order valence-electron chi connectivity index (χ1n) is 7.60. The van der Waals surface area contributed by atoms with Gasteiger partial charge in [-0.25, -0.2) is 0 Å². The van der Waals surface area contributed by atoms with Gasteiger partial charge in [0, 0.05) is 24.4 Å². The van der Waals surface area contributed by atoms with E-state index in [0.717, 1.165) is 42.9 Å². The molecular formula is C16H24N2O3. The summed E-state index contributed by atoms with van der Waals surface area (Å²) in [7, 11) is 0. The maximum atomic E-state index is 12.0. The molecule has 0 bridgehead atoms. The van der Waals surface area contributed by atoms with E-state index in [2.05, 4.69) is 5.32 Å². The molecule has 0 radical (unpaired) electrons.